The zero-order valence-electron chi connectivity index (χ0n) is 14.0. The molecule has 4 rings (SSSR count). The number of allylic oxidation sites excluding steroid dienone is 2. The normalized spacial score (nSPS) is 20.7. The minimum absolute atomic E-state index is 0.162. The van der Waals surface area contributed by atoms with Crippen molar-refractivity contribution in [3.05, 3.63) is 37.2 Å². The van der Waals surface area contributed by atoms with Crippen LogP contribution in [0.5, 0.6) is 0 Å². The molecule has 1 amide bonds. The lowest BCUT2D eigenvalue weighted by atomic mass is 9.93. The molecule has 3 heterocycles. The van der Waals surface area contributed by atoms with Gasteiger partial charge in [0.15, 0.2) is 5.82 Å². The second-order valence-corrected chi connectivity index (χ2v) is 6.37. The molecule has 8 nitrogen and oxygen atoms in total. The van der Waals surface area contributed by atoms with Crippen LogP contribution in [-0.4, -0.2) is 61.7 Å². The Balaban J connectivity index is 1.39. The van der Waals surface area contributed by atoms with E-state index in [1.54, 1.807) is 11.0 Å². The third kappa shape index (κ3) is 3.38. The summed E-state index contributed by atoms with van der Waals surface area (Å²) >= 11 is 0. The summed E-state index contributed by atoms with van der Waals surface area (Å²) in [5.41, 5.74) is 0. The van der Waals surface area contributed by atoms with Gasteiger partial charge in [0, 0.05) is 38.2 Å². The number of hydrogen-bond donors (Lipinski definition) is 0. The van der Waals surface area contributed by atoms with Gasteiger partial charge in [-0.15, -0.1) is 0 Å². The summed E-state index contributed by atoms with van der Waals surface area (Å²) in [6.45, 7) is 3.04. The molecule has 0 radical (unpaired) electrons. The number of nitrogens with zero attached hydrogens (tertiary/aromatic N) is 7. The lowest BCUT2D eigenvalue weighted by Crippen LogP contribution is -2.50. The fourth-order valence-corrected chi connectivity index (χ4v) is 3.39. The molecule has 2 aromatic heterocycles. The van der Waals surface area contributed by atoms with Gasteiger partial charge in [-0.3, -0.25) is 4.79 Å². The van der Waals surface area contributed by atoms with Crippen LogP contribution in [-0.2, 0) is 4.79 Å². The molecule has 130 valence electrons. The molecule has 1 atom stereocenters. The number of hydrogen-bond acceptors (Lipinski definition) is 6. The summed E-state index contributed by atoms with van der Waals surface area (Å²) in [6.07, 6.45) is 11.8. The maximum atomic E-state index is 12.6. The summed E-state index contributed by atoms with van der Waals surface area (Å²) in [7, 11) is 0. The van der Waals surface area contributed by atoms with Crippen molar-refractivity contribution in [2.45, 2.75) is 19.3 Å². The van der Waals surface area contributed by atoms with Gasteiger partial charge in [0.25, 0.3) is 0 Å². The standard InChI is InChI=1S/C17H21N7O/c25-17(14-4-2-1-3-5-14)23-8-6-22(7-9-23)15-10-16(20-12-19-15)24-13-18-11-21-24/h1-2,10-14H,3-9H2/t14-/m1/s1. The summed E-state index contributed by atoms with van der Waals surface area (Å²) in [6, 6.07) is 1.90. The molecular formula is C17H21N7O. The highest BCUT2D eigenvalue weighted by Gasteiger charge is 2.27. The van der Waals surface area contributed by atoms with Crippen LogP contribution < -0.4 is 4.90 Å². The van der Waals surface area contributed by atoms with Crippen LogP contribution in [0.1, 0.15) is 19.3 Å². The van der Waals surface area contributed by atoms with E-state index >= 15 is 0 Å². The molecular weight excluding hydrogens is 318 g/mol. The van der Waals surface area contributed by atoms with Gasteiger partial charge in [0.2, 0.25) is 5.91 Å². The summed E-state index contributed by atoms with van der Waals surface area (Å²) in [4.78, 5) is 29.4. The molecule has 0 N–H and O–H groups in total. The molecule has 1 saturated heterocycles. The van der Waals surface area contributed by atoms with E-state index in [1.165, 1.54) is 12.7 Å². The average Bonchev–Trinajstić information content (AvgIpc) is 3.23. The Bertz CT molecular complexity index is 750. The van der Waals surface area contributed by atoms with Crippen molar-refractivity contribution in [3.63, 3.8) is 0 Å². The minimum atomic E-state index is 0.162. The van der Waals surface area contributed by atoms with Crippen molar-refractivity contribution in [1.29, 1.82) is 0 Å². The molecule has 25 heavy (non-hydrogen) atoms. The average molecular weight is 339 g/mol. The van der Waals surface area contributed by atoms with E-state index in [2.05, 4.69) is 37.1 Å². The molecule has 2 aliphatic rings. The van der Waals surface area contributed by atoms with Crippen molar-refractivity contribution in [2.24, 2.45) is 5.92 Å². The second-order valence-electron chi connectivity index (χ2n) is 6.37. The van der Waals surface area contributed by atoms with E-state index in [-0.39, 0.29) is 5.92 Å². The van der Waals surface area contributed by atoms with Gasteiger partial charge in [0.1, 0.15) is 24.8 Å². The Labute approximate surface area is 146 Å². The van der Waals surface area contributed by atoms with Crippen LogP contribution in [0.2, 0.25) is 0 Å². The fraction of sp³-hybridized carbons (Fsp3) is 0.471. The highest BCUT2D eigenvalue weighted by molar-refractivity contribution is 5.79. The quantitative estimate of drug-likeness (QED) is 0.778. The van der Waals surface area contributed by atoms with Crippen molar-refractivity contribution in [3.8, 4) is 5.82 Å². The fourth-order valence-electron chi connectivity index (χ4n) is 3.39. The smallest absolute Gasteiger partial charge is 0.226 e. The molecule has 1 aliphatic carbocycles. The van der Waals surface area contributed by atoms with Gasteiger partial charge in [-0.25, -0.2) is 19.6 Å². The first-order valence-corrected chi connectivity index (χ1v) is 8.67. The second kappa shape index (κ2) is 7.00. The van der Waals surface area contributed by atoms with Crippen LogP contribution in [0, 0.1) is 5.92 Å². The summed E-state index contributed by atoms with van der Waals surface area (Å²) in [5.74, 6) is 2.01. The summed E-state index contributed by atoms with van der Waals surface area (Å²) in [5, 5.41) is 4.10. The van der Waals surface area contributed by atoms with E-state index < -0.39 is 0 Å². The maximum Gasteiger partial charge on any atom is 0.226 e. The van der Waals surface area contributed by atoms with E-state index in [0.717, 1.165) is 51.3 Å². The molecule has 8 heteroatoms. The number of carbonyl (C=O) groups is 1. The van der Waals surface area contributed by atoms with Crippen LogP contribution >= 0.6 is 0 Å². The van der Waals surface area contributed by atoms with E-state index in [9.17, 15) is 4.79 Å². The number of amides is 1. The predicted molar refractivity (Wildman–Crippen MR) is 92.2 cm³/mol. The first-order valence-electron chi connectivity index (χ1n) is 8.67. The van der Waals surface area contributed by atoms with Gasteiger partial charge in [-0.05, 0) is 19.3 Å². The number of carbonyl (C=O) groups excluding carboxylic acids is 1. The van der Waals surface area contributed by atoms with Crippen LogP contribution in [0.25, 0.3) is 5.82 Å². The molecule has 1 fully saturated rings. The molecule has 0 spiro atoms. The Hall–Kier alpha value is -2.77. The van der Waals surface area contributed by atoms with Crippen LogP contribution in [0.4, 0.5) is 5.82 Å². The molecule has 0 aromatic carbocycles. The molecule has 0 saturated carbocycles. The Morgan fingerprint density at radius 2 is 1.88 bits per heavy atom. The molecule has 0 bridgehead atoms. The van der Waals surface area contributed by atoms with E-state index in [4.69, 9.17) is 0 Å². The van der Waals surface area contributed by atoms with Gasteiger partial charge < -0.3 is 9.80 Å². The zero-order chi connectivity index (χ0) is 17.1. The van der Waals surface area contributed by atoms with Crippen LogP contribution in [0.3, 0.4) is 0 Å². The predicted octanol–water partition coefficient (Wildman–Crippen LogP) is 1.06. The van der Waals surface area contributed by atoms with Gasteiger partial charge in [-0.1, -0.05) is 12.2 Å². The van der Waals surface area contributed by atoms with Crippen molar-refractivity contribution < 1.29 is 4.79 Å². The molecule has 0 unspecified atom stereocenters. The summed E-state index contributed by atoms with van der Waals surface area (Å²) < 4.78 is 1.61. The minimum Gasteiger partial charge on any atom is -0.353 e. The maximum absolute atomic E-state index is 12.6. The van der Waals surface area contributed by atoms with Gasteiger partial charge >= 0.3 is 0 Å². The Morgan fingerprint density at radius 3 is 2.60 bits per heavy atom. The van der Waals surface area contributed by atoms with Gasteiger partial charge in [0.05, 0.1) is 0 Å². The lowest BCUT2D eigenvalue weighted by Gasteiger charge is -2.37. The number of piperazine rings is 1. The third-order valence-electron chi connectivity index (χ3n) is 4.83. The van der Waals surface area contributed by atoms with E-state index in [0.29, 0.717) is 11.7 Å². The number of rotatable bonds is 3. The van der Waals surface area contributed by atoms with Crippen molar-refractivity contribution >= 4 is 11.7 Å². The molecule has 2 aromatic rings. The zero-order valence-corrected chi connectivity index (χ0v) is 14.0. The largest absolute Gasteiger partial charge is 0.353 e. The number of anilines is 1. The highest BCUT2D eigenvalue weighted by atomic mass is 16.2. The van der Waals surface area contributed by atoms with Crippen molar-refractivity contribution in [1.82, 2.24) is 29.6 Å². The first-order chi connectivity index (χ1) is 12.3. The highest BCUT2D eigenvalue weighted by Crippen LogP contribution is 2.22. The Kier molecular flexibility index (Phi) is 4.41. The van der Waals surface area contributed by atoms with Gasteiger partial charge in [-0.2, -0.15) is 5.10 Å². The van der Waals surface area contributed by atoms with Crippen LogP contribution in [0.15, 0.2) is 37.2 Å². The molecule has 1 aliphatic heterocycles. The Morgan fingerprint density at radius 1 is 1.04 bits per heavy atom. The topological polar surface area (TPSA) is 80.0 Å². The van der Waals surface area contributed by atoms with Crippen molar-refractivity contribution in [2.75, 3.05) is 31.1 Å². The number of aromatic nitrogens is 5. The lowest BCUT2D eigenvalue weighted by molar-refractivity contribution is -0.136. The monoisotopic (exact) mass is 339 g/mol. The third-order valence-corrected chi connectivity index (χ3v) is 4.83. The van der Waals surface area contributed by atoms with E-state index in [1.807, 2.05) is 11.0 Å². The SMILES string of the molecule is O=C([C@@H]1CC=CCC1)N1CCN(c2cc(-n3cncn3)ncn2)CC1. The first kappa shape index (κ1) is 15.7.